The summed E-state index contributed by atoms with van der Waals surface area (Å²) < 4.78 is 41.8. The monoisotopic (exact) mass is 353 g/mol. The molecule has 1 aliphatic heterocycles. The Bertz CT molecular complexity index is 884. The van der Waals surface area contributed by atoms with Crippen LogP contribution >= 0.6 is 0 Å². The van der Waals surface area contributed by atoms with Gasteiger partial charge in [0.15, 0.2) is 22.2 Å². The molecule has 10 heteroatoms. The van der Waals surface area contributed by atoms with Crippen LogP contribution in [0.5, 0.6) is 11.5 Å². The molecule has 128 valence electrons. The van der Waals surface area contributed by atoms with Crippen LogP contribution in [0.4, 0.5) is 5.69 Å². The van der Waals surface area contributed by atoms with E-state index in [-0.39, 0.29) is 28.8 Å². The highest BCUT2D eigenvalue weighted by atomic mass is 32.2. The zero-order valence-corrected chi connectivity index (χ0v) is 13.6. The molecule has 0 radical (unpaired) electrons. The molecule has 1 aliphatic rings. The number of hydrogen-bond donors (Lipinski definition) is 0. The van der Waals surface area contributed by atoms with Crippen LogP contribution in [0.2, 0.25) is 0 Å². The number of hydrogen-bond acceptors (Lipinski definition) is 8. The first kappa shape index (κ1) is 16.1. The van der Waals surface area contributed by atoms with E-state index in [1.807, 2.05) is 0 Å². The highest BCUT2D eigenvalue weighted by molar-refractivity contribution is 7.93. The minimum Gasteiger partial charge on any atom is -0.548 e. The molecule has 0 bridgehead atoms. The molecule has 0 aliphatic carbocycles. The Kier molecular flexibility index (Phi) is 3.84. The van der Waals surface area contributed by atoms with Gasteiger partial charge in [0.2, 0.25) is 6.79 Å². The Morgan fingerprint density at radius 2 is 2.00 bits per heavy atom. The molecule has 0 spiro atoms. The van der Waals surface area contributed by atoms with Crippen molar-refractivity contribution >= 4 is 21.7 Å². The molecule has 0 atom stereocenters. The van der Waals surface area contributed by atoms with E-state index in [1.165, 1.54) is 32.0 Å². The lowest BCUT2D eigenvalue weighted by atomic mass is 10.3. The number of rotatable bonds is 5. The first-order valence-electron chi connectivity index (χ1n) is 6.86. The fourth-order valence-electron chi connectivity index (χ4n) is 2.43. The van der Waals surface area contributed by atoms with Crippen molar-refractivity contribution in [3.8, 4) is 11.5 Å². The predicted molar refractivity (Wildman–Crippen MR) is 78.1 cm³/mol. The summed E-state index contributed by atoms with van der Waals surface area (Å²) in [5.41, 5.74) is 0.236. The molecule has 0 saturated carbocycles. The molecule has 0 N–H and O–H groups in total. The van der Waals surface area contributed by atoms with E-state index in [9.17, 15) is 18.3 Å². The average Bonchev–Trinajstić information content (AvgIpc) is 3.10. The standard InChI is InChI=1S/C14H14N2O7S/c1-8-14(9(2)23-15-8)24(19,20)16(6-13(17)18)10-3-4-11-12(5-10)22-7-21-11/h3-5H,6-7H2,1-2H3,(H,17,18)/p-1. The minimum absolute atomic E-state index is 0.00981. The highest BCUT2D eigenvalue weighted by Crippen LogP contribution is 2.37. The van der Waals surface area contributed by atoms with Gasteiger partial charge in [0.05, 0.1) is 18.2 Å². The van der Waals surface area contributed by atoms with Crippen LogP contribution < -0.4 is 18.9 Å². The number of carboxylic acids is 1. The predicted octanol–water partition coefficient (Wildman–Crippen LogP) is -0.0347. The Morgan fingerprint density at radius 3 is 2.62 bits per heavy atom. The summed E-state index contributed by atoms with van der Waals surface area (Å²) in [6.07, 6.45) is 0. The molecule has 24 heavy (non-hydrogen) atoms. The maximum Gasteiger partial charge on any atom is 0.270 e. The van der Waals surface area contributed by atoms with E-state index in [4.69, 9.17) is 14.0 Å². The summed E-state index contributed by atoms with van der Waals surface area (Å²) in [7, 11) is -4.22. The van der Waals surface area contributed by atoms with Crippen molar-refractivity contribution in [2.24, 2.45) is 0 Å². The molecule has 0 amide bonds. The number of carbonyl (C=O) groups is 1. The summed E-state index contributed by atoms with van der Waals surface area (Å²) >= 11 is 0. The first-order chi connectivity index (χ1) is 11.3. The summed E-state index contributed by atoms with van der Waals surface area (Å²) in [4.78, 5) is 10.9. The number of nitrogens with zero attached hydrogens (tertiary/aromatic N) is 2. The number of aromatic nitrogens is 1. The molecule has 2 heterocycles. The first-order valence-corrected chi connectivity index (χ1v) is 8.30. The fraction of sp³-hybridized carbons (Fsp3) is 0.286. The van der Waals surface area contributed by atoms with Crippen LogP contribution in [0.3, 0.4) is 0 Å². The number of aryl methyl sites for hydroxylation is 2. The number of carbonyl (C=O) groups excluding carboxylic acids is 1. The number of sulfonamides is 1. The van der Waals surface area contributed by atoms with Gasteiger partial charge >= 0.3 is 0 Å². The summed E-state index contributed by atoms with van der Waals surface area (Å²) in [6, 6.07) is 4.32. The zero-order chi connectivity index (χ0) is 17.5. The highest BCUT2D eigenvalue weighted by Gasteiger charge is 2.32. The van der Waals surface area contributed by atoms with Crippen LogP contribution in [0.25, 0.3) is 0 Å². The maximum absolute atomic E-state index is 12.9. The van der Waals surface area contributed by atoms with Crippen molar-refractivity contribution < 1.29 is 32.3 Å². The summed E-state index contributed by atoms with van der Waals surface area (Å²) in [5.74, 6) is -0.716. The van der Waals surface area contributed by atoms with Gasteiger partial charge in [-0.2, -0.15) is 0 Å². The Morgan fingerprint density at radius 1 is 1.29 bits per heavy atom. The summed E-state index contributed by atoms with van der Waals surface area (Å²) in [5, 5.41) is 14.7. The SMILES string of the molecule is Cc1noc(C)c1S(=O)(=O)N(CC(=O)[O-])c1ccc2c(c1)OCO2. The largest absolute Gasteiger partial charge is 0.548 e. The number of ether oxygens (including phenoxy) is 2. The van der Waals surface area contributed by atoms with Gasteiger partial charge in [0.25, 0.3) is 10.0 Å². The van der Waals surface area contributed by atoms with E-state index in [1.54, 1.807) is 0 Å². The molecule has 1 aromatic heterocycles. The fourth-order valence-corrected chi connectivity index (χ4v) is 4.12. The van der Waals surface area contributed by atoms with Gasteiger partial charge in [0.1, 0.15) is 5.69 Å². The van der Waals surface area contributed by atoms with E-state index in [0.717, 1.165) is 0 Å². The lowest BCUT2D eigenvalue weighted by molar-refractivity contribution is -0.303. The van der Waals surface area contributed by atoms with Gasteiger partial charge in [0, 0.05) is 6.07 Å². The van der Waals surface area contributed by atoms with Crippen LogP contribution in [-0.2, 0) is 14.8 Å². The van der Waals surface area contributed by atoms with Crippen molar-refractivity contribution in [1.82, 2.24) is 5.16 Å². The normalized spacial score (nSPS) is 13.1. The molecule has 0 unspecified atom stereocenters. The Hall–Kier alpha value is -2.75. The molecule has 9 nitrogen and oxygen atoms in total. The average molecular weight is 353 g/mol. The van der Waals surface area contributed by atoms with E-state index >= 15 is 0 Å². The third kappa shape index (κ3) is 2.64. The number of carboxylic acid groups (broad SMARTS) is 1. The zero-order valence-electron chi connectivity index (χ0n) is 12.8. The van der Waals surface area contributed by atoms with Crippen molar-refractivity contribution in [1.29, 1.82) is 0 Å². The van der Waals surface area contributed by atoms with E-state index in [0.29, 0.717) is 15.8 Å². The van der Waals surface area contributed by atoms with Crippen LogP contribution in [0, 0.1) is 13.8 Å². The quantitative estimate of drug-likeness (QED) is 0.734. The third-order valence-electron chi connectivity index (χ3n) is 3.43. The Labute approximate surface area is 137 Å². The molecule has 0 saturated heterocycles. The van der Waals surface area contributed by atoms with Crippen molar-refractivity contribution in [2.75, 3.05) is 17.6 Å². The molecule has 2 aromatic rings. The number of benzene rings is 1. The van der Waals surface area contributed by atoms with Crippen LogP contribution in [-0.4, -0.2) is 32.9 Å². The van der Waals surface area contributed by atoms with Gasteiger partial charge in [-0.1, -0.05) is 5.16 Å². The van der Waals surface area contributed by atoms with Gasteiger partial charge < -0.3 is 23.9 Å². The smallest absolute Gasteiger partial charge is 0.270 e. The Balaban J connectivity index is 2.12. The lowest BCUT2D eigenvalue weighted by Crippen LogP contribution is -2.42. The number of aliphatic carboxylic acids is 1. The minimum atomic E-state index is -4.22. The third-order valence-corrected chi connectivity index (χ3v) is 5.45. The lowest BCUT2D eigenvalue weighted by Gasteiger charge is -2.24. The number of fused-ring (bicyclic) bond motifs is 1. The van der Waals surface area contributed by atoms with Gasteiger partial charge in [-0.15, -0.1) is 0 Å². The van der Waals surface area contributed by atoms with Crippen molar-refractivity contribution in [3.05, 3.63) is 29.7 Å². The van der Waals surface area contributed by atoms with E-state index in [2.05, 4.69) is 5.16 Å². The van der Waals surface area contributed by atoms with Crippen LogP contribution in [0.15, 0.2) is 27.6 Å². The molecule has 1 aromatic carbocycles. The van der Waals surface area contributed by atoms with Crippen molar-refractivity contribution in [3.63, 3.8) is 0 Å². The summed E-state index contributed by atoms with van der Waals surface area (Å²) in [6.45, 7) is 2.03. The second-order valence-corrected chi connectivity index (χ2v) is 6.87. The molecular weight excluding hydrogens is 340 g/mol. The molecule has 0 fully saturated rings. The van der Waals surface area contributed by atoms with Crippen molar-refractivity contribution in [2.45, 2.75) is 18.7 Å². The van der Waals surface area contributed by atoms with Gasteiger partial charge in [-0.3, -0.25) is 4.31 Å². The van der Waals surface area contributed by atoms with E-state index < -0.39 is 22.5 Å². The van der Waals surface area contributed by atoms with Crippen LogP contribution in [0.1, 0.15) is 11.5 Å². The molecule has 3 rings (SSSR count). The van der Waals surface area contributed by atoms with Gasteiger partial charge in [-0.25, -0.2) is 8.42 Å². The van der Waals surface area contributed by atoms with Gasteiger partial charge in [-0.05, 0) is 26.0 Å². The second kappa shape index (κ2) is 5.71. The topological polar surface area (TPSA) is 122 Å². The maximum atomic E-state index is 12.9. The molecular formula is C14H13N2O7S-. The number of anilines is 1. The second-order valence-electron chi connectivity index (χ2n) is 5.07.